The Labute approximate surface area is 96.3 Å². The largest absolute Gasteiger partial charge is 0.337 e. The molecule has 1 heterocycles. The number of aryl methyl sites for hydroxylation is 1. The summed E-state index contributed by atoms with van der Waals surface area (Å²) in [6, 6.07) is 0.401. The molecule has 16 heavy (non-hydrogen) atoms. The summed E-state index contributed by atoms with van der Waals surface area (Å²) in [4.78, 5) is 18.0. The van der Waals surface area contributed by atoms with Crippen molar-refractivity contribution in [1.82, 2.24) is 14.5 Å². The van der Waals surface area contributed by atoms with Gasteiger partial charge in [0.05, 0.1) is 6.54 Å². The van der Waals surface area contributed by atoms with Gasteiger partial charge in [-0.25, -0.2) is 4.98 Å². The lowest BCUT2D eigenvalue weighted by molar-refractivity contribution is -0.121. The van der Waals surface area contributed by atoms with E-state index < -0.39 is 0 Å². The van der Waals surface area contributed by atoms with Crippen LogP contribution in [0.1, 0.15) is 31.5 Å². The van der Waals surface area contributed by atoms with E-state index >= 15 is 0 Å². The van der Waals surface area contributed by atoms with Crippen molar-refractivity contribution in [2.24, 2.45) is 7.05 Å². The van der Waals surface area contributed by atoms with Gasteiger partial charge in [0.1, 0.15) is 11.6 Å². The third-order valence-corrected chi connectivity index (χ3v) is 3.39. The van der Waals surface area contributed by atoms with Crippen molar-refractivity contribution in [3.63, 3.8) is 0 Å². The van der Waals surface area contributed by atoms with Crippen LogP contribution in [0.4, 0.5) is 0 Å². The second-order valence-electron chi connectivity index (χ2n) is 4.66. The van der Waals surface area contributed by atoms with Crippen molar-refractivity contribution in [1.29, 1.82) is 0 Å². The summed E-state index contributed by atoms with van der Waals surface area (Å²) in [5.74, 6) is 1.46. The van der Waals surface area contributed by atoms with E-state index in [0.29, 0.717) is 18.2 Å². The van der Waals surface area contributed by atoms with Crippen LogP contribution >= 0.6 is 0 Å². The number of nitrogens with zero attached hydrogens (tertiary/aromatic N) is 3. The van der Waals surface area contributed by atoms with Gasteiger partial charge in [-0.3, -0.25) is 9.69 Å². The predicted molar refractivity (Wildman–Crippen MR) is 61.9 cm³/mol. The van der Waals surface area contributed by atoms with Crippen LogP contribution < -0.4 is 0 Å². The highest BCUT2D eigenvalue weighted by Crippen LogP contribution is 2.20. The van der Waals surface area contributed by atoms with E-state index in [1.807, 2.05) is 24.0 Å². The van der Waals surface area contributed by atoms with E-state index in [1.54, 1.807) is 0 Å². The first-order valence-electron chi connectivity index (χ1n) is 5.85. The lowest BCUT2D eigenvalue weighted by Crippen LogP contribution is -2.36. The molecule has 1 aromatic rings. The molecule has 1 fully saturated rings. The summed E-state index contributed by atoms with van der Waals surface area (Å²) in [5.41, 5.74) is 0. The molecule has 0 radical (unpaired) electrons. The summed E-state index contributed by atoms with van der Waals surface area (Å²) >= 11 is 0. The highest BCUT2D eigenvalue weighted by molar-refractivity contribution is 5.79. The fraction of sp³-hybridized carbons (Fsp3) is 0.667. The SMILES string of the molecule is CN(Cc1nccn1C)C1CCCC(=O)C1. The zero-order valence-electron chi connectivity index (χ0n) is 10.0. The Morgan fingerprint density at radius 2 is 2.44 bits per heavy atom. The normalized spacial score (nSPS) is 21.7. The number of ketones is 1. The molecule has 0 spiro atoms. The molecule has 1 aliphatic rings. The standard InChI is InChI=1S/C12H19N3O/c1-14-7-6-13-12(14)9-15(2)10-4-3-5-11(16)8-10/h6-7,10H,3-5,8-9H2,1-2H3. The fourth-order valence-corrected chi connectivity index (χ4v) is 2.28. The van der Waals surface area contributed by atoms with E-state index in [1.165, 1.54) is 0 Å². The Morgan fingerprint density at radius 3 is 3.06 bits per heavy atom. The van der Waals surface area contributed by atoms with Gasteiger partial charge < -0.3 is 4.57 Å². The van der Waals surface area contributed by atoms with Crippen LogP contribution in [-0.4, -0.2) is 33.3 Å². The molecular formula is C12H19N3O. The van der Waals surface area contributed by atoms with Crippen LogP contribution in [0.15, 0.2) is 12.4 Å². The van der Waals surface area contributed by atoms with Gasteiger partial charge in [0.2, 0.25) is 0 Å². The highest BCUT2D eigenvalue weighted by atomic mass is 16.1. The van der Waals surface area contributed by atoms with Crippen molar-refractivity contribution >= 4 is 5.78 Å². The molecule has 4 nitrogen and oxygen atoms in total. The van der Waals surface area contributed by atoms with Gasteiger partial charge in [0.15, 0.2) is 0 Å². The minimum atomic E-state index is 0.401. The number of rotatable bonds is 3. The maximum Gasteiger partial charge on any atom is 0.134 e. The number of Topliss-reactive ketones (excluding diaryl/α,β-unsaturated/α-hetero) is 1. The topological polar surface area (TPSA) is 38.1 Å². The molecule has 88 valence electrons. The molecule has 0 bridgehead atoms. The molecule has 1 aliphatic carbocycles. The van der Waals surface area contributed by atoms with Gasteiger partial charge in [-0.05, 0) is 19.9 Å². The van der Waals surface area contributed by atoms with E-state index in [4.69, 9.17) is 0 Å². The van der Waals surface area contributed by atoms with Crippen LogP contribution in [0.25, 0.3) is 0 Å². The second-order valence-corrected chi connectivity index (χ2v) is 4.66. The molecule has 1 atom stereocenters. The van der Waals surface area contributed by atoms with Crippen molar-refractivity contribution in [3.8, 4) is 0 Å². The summed E-state index contributed by atoms with van der Waals surface area (Å²) < 4.78 is 2.03. The number of carbonyl (C=O) groups is 1. The van der Waals surface area contributed by atoms with Crippen LogP contribution in [-0.2, 0) is 18.4 Å². The maximum absolute atomic E-state index is 11.4. The van der Waals surface area contributed by atoms with Gasteiger partial charge in [0, 0.05) is 38.3 Å². The molecule has 1 unspecified atom stereocenters. The maximum atomic E-state index is 11.4. The first-order chi connectivity index (χ1) is 7.66. The van der Waals surface area contributed by atoms with Crippen molar-refractivity contribution in [2.75, 3.05) is 7.05 Å². The smallest absolute Gasteiger partial charge is 0.134 e. The Hall–Kier alpha value is -1.16. The molecule has 2 rings (SSSR count). The van der Waals surface area contributed by atoms with Gasteiger partial charge in [-0.1, -0.05) is 0 Å². The van der Waals surface area contributed by atoms with Crippen LogP contribution in [0.2, 0.25) is 0 Å². The zero-order valence-corrected chi connectivity index (χ0v) is 10.0. The zero-order chi connectivity index (χ0) is 11.5. The lowest BCUT2D eigenvalue weighted by Gasteiger charge is -2.30. The van der Waals surface area contributed by atoms with Crippen molar-refractivity contribution < 1.29 is 4.79 Å². The summed E-state index contributed by atoms with van der Waals surface area (Å²) in [7, 11) is 4.08. The van der Waals surface area contributed by atoms with E-state index in [2.05, 4.69) is 16.9 Å². The molecule has 0 amide bonds. The summed E-state index contributed by atoms with van der Waals surface area (Å²) in [6.07, 6.45) is 7.42. The lowest BCUT2D eigenvalue weighted by atomic mass is 9.93. The number of hydrogen-bond donors (Lipinski definition) is 0. The van der Waals surface area contributed by atoms with Crippen molar-refractivity contribution in [3.05, 3.63) is 18.2 Å². The molecule has 4 heteroatoms. The first-order valence-corrected chi connectivity index (χ1v) is 5.85. The third-order valence-electron chi connectivity index (χ3n) is 3.39. The fourth-order valence-electron chi connectivity index (χ4n) is 2.28. The van der Waals surface area contributed by atoms with Crippen LogP contribution in [0.5, 0.6) is 0 Å². The van der Waals surface area contributed by atoms with Crippen molar-refractivity contribution in [2.45, 2.75) is 38.3 Å². The van der Waals surface area contributed by atoms with E-state index in [-0.39, 0.29) is 0 Å². The molecule has 1 aromatic heterocycles. The molecule has 0 aromatic carbocycles. The highest BCUT2D eigenvalue weighted by Gasteiger charge is 2.23. The van der Waals surface area contributed by atoms with Crippen LogP contribution in [0.3, 0.4) is 0 Å². The Bertz CT molecular complexity index is 372. The predicted octanol–water partition coefficient (Wildman–Crippen LogP) is 1.36. The number of imidazole rings is 1. The minimum Gasteiger partial charge on any atom is -0.337 e. The average Bonchev–Trinajstić information content (AvgIpc) is 2.64. The molecular weight excluding hydrogens is 202 g/mol. The van der Waals surface area contributed by atoms with Gasteiger partial charge in [0.25, 0.3) is 0 Å². The molecule has 0 aliphatic heterocycles. The Balaban J connectivity index is 1.95. The van der Waals surface area contributed by atoms with Gasteiger partial charge in [-0.2, -0.15) is 0 Å². The molecule has 1 saturated carbocycles. The monoisotopic (exact) mass is 221 g/mol. The third kappa shape index (κ3) is 2.50. The number of carbonyl (C=O) groups excluding carboxylic acids is 1. The average molecular weight is 221 g/mol. The number of hydrogen-bond acceptors (Lipinski definition) is 3. The summed E-state index contributed by atoms with van der Waals surface area (Å²) in [6.45, 7) is 0.821. The second kappa shape index (κ2) is 4.78. The van der Waals surface area contributed by atoms with E-state index in [9.17, 15) is 4.79 Å². The first kappa shape index (κ1) is 11.3. The Kier molecular flexibility index (Phi) is 3.39. The quantitative estimate of drug-likeness (QED) is 0.773. The number of aromatic nitrogens is 2. The van der Waals surface area contributed by atoms with E-state index in [0.717, 1.165) is 31.6 Å². The summed E-state index contributed by atoms with van der Waals surface area (Å²) in [5, 5.41) is 0. The van der Waals surface area contributed by atoms with Gasteiger partial charge >= 0.3 is 0 Å². The minimum absolute atomic E-state index is 0.401. The Morgan fingerprint density at radius 1 is 1.62 bits per heavy atom. The molecule has 0 N–H and O–H groups in total. The van der Waals surface area contributed by atoms with Gasteiger partial charge in [-0.15, -0.1) is 0 Å². The molecule has 0 saturated heterocycles. The van der Waals surface area contributed by atoms with Crippen LogP contribution in [0, 0.1) is 0 Å².